The lowest BCUT2D eigenvalue weighted by molar-refractivity contribution is 0.917. The van der Waals surface area contributed by atoms with Crippen LogP contribution in [0.3, 0.4) is 0 Å². The molecule has 2 N–H and O–H groups in total. The molecule has 0 spiro atoms. The number of fused-ring (bicyclic) bond motifs is 1. The van der Waals surface area contributed by atoms with E-state index in [4.69, 9.17) is 5.73 Å². The molecule has 0 radical (unpaired) electrons. The zero-order valence-corrected chi connectivity index (χ0v) is 12.4. The van der Waals surface area contributed by atoms with Crippen LogP contribution in [0.5, 0.6) is 0 Å². The number of rotatable bonds is 3. The fourth-order valence-corrected chi connectivity index (χ4v) is 2.62. The van der Waals surface area contributed by atoms with Gasteiger partial charge in [0.05, 0.1) is 16.9 Å². The Kier molecular flexibility index (Phi) is 3.48. The van der Waals surface area contributed by atoms with Crippen LogP contribution in [0.4, 0.5) is 11.4 Å². The van der Waals surface area contributed by atoms with Gasteiger partial charge in [0.25, 0.3) is 0 Å². The molecule has 0 atom stereocenters. The second-order valence-electron chi connectivity index (χ2n) is 5.35. The number of anilines is 2. The van der Waals surface area contributed by atoms with Gasteiger partial charge in [0, 0.05) is 25.2 Å². The maximum atomic E-state index is 6.33. The molecule has 0 fully saturated rings. The van der Waals surface area contributed by atoms with Gasteiger partial charge in [-0.3, -0.25) is 4.98 Å². The van der Waals surface area contributed by atoms with Crippen molar-refractivity contribution in [2.75, 3.05) is 17.7 Å². The van der Waals surface area contributed by atoms with Gasteiger partial charge < -0.3 is 10.6 Å². The Morgan fingerprint density at radius 2 is 1.86 bits per heavy atom. The Morgan fingerprint density at radius 3 is 2.67 bits per heavy atom. The van der Waals surface area contributed by atoms with E-state index in [0.717, 1.165) is 28.8 Å². The van der Waals surface area contributed by atoms with E-state index in [-0.39, 0.29) is 0 Å². The third-order valence-corrected chi connectivity index (χ3v) is 3.88. The molecule has 0 aliphatic rings. The zero-order valence-electron chi connectivity index (χ0n) is 12.4. The molecule has 3 aromatic rings. The zero-order chi connectivity index (χ0) is 14.8. The summed E-state index contributed by atoms with van der Waals surface area (Å²) in [4.78, 5) is 6.53. The van der Waals surface area contributed by atoms with Crippen molar-refractivity contribution >= 4 is 22.3 Å². The molecule has 2 aromatic carbocycles. The predicted octanol–water partition coefficient (Wildman–Crippen LogP) is 3.76. The first-order valence-corrected chi connectivity index (χ1v) is 7.05. The monoisotopic (exact) mass is 277 g/mol. The van der Waals surface area contributed by atoms with E-state index in [9.17, 15) is 0 Å². The van der Waals surface area contributed by atoms with Crippen molar-refractivity contribution in [3.63, 3.8) is 0 Å². The van der Waals surface area contributed by atoms with E-state index in [0.29, 0.717) is 0 Å². The van der Waals surface area contributed by atoms with Crippen LogP contribution in [0.15, 0.2) is 54.7 Å². The maximum Gasteiger partial charge on any atom is 0.0724 e. The average Bonchev–Trinajstić information content (AvgIpc) is 2.50. The van der Waals surface area contributed by atoms with Crippen LogP contribution < -0.4 is 10.6 Å². The van der Waals surface area contributed by atoms with E-state index >= 15 is 0 Å². The molecule has 1 heterocycles. The molecule has 21 heavy (non-hydrogen) atoms. The summed E-state index contributed by atoms with van der Waals surface area (Å²) in [6.45, 7) is 2.97. The molecule has 3 heteroatoms. The lowest BCUT2D eigenvalue weighted by Crippen LogP contribution is -2.18. The lowest BCUT2D eigenvalue weighted by atomic mass is 10.1. The molecule has 3 rings (SSSR count). The highest BCUT2D eigenvalue weighted by molar-refractivity contribution is 5.97. The first-order chi connectivity index (χ1) is 10.2. The summed E-state index contributed by atoms with van der Waals surface area (Å²) in [5, 5.41) is 1.01. The number of benzene rings is 2. The van der Waals surface area contributed by atoms with Crippen LogP contribution >= 0.6 is 0 Å². The fraction of sp³-hybridized carbons (Fsp3) is 0.167. The van der Waals surface area contributed by atoms with Crippen LogP contribution in [0.2, 0.25) is 0 Å². The van der Waals surface area contributed by atoms with Crippen LogP contribution in [-0.4, -0.2) is 12.0 Å². The molecule has 0 bridgehead atoms. The number of aryl methyl sites for hydroxylation is 1. The van der Waals surface area contributed by atoms with Crippen molar-refractivity contribution in [1.29, 1.82) is 0 Å². The van der Waals surface area contributed by atoms with Gasteiger partial charge in [-0.2, -0.15) is 0 Å². The highest BCUT2D eigenvalue weighted by atomic mass is 15.1. The first kappa shape index (κ1) is 13.4. The Labute approximate surface area is 125 Å². The number of aromatic nitrogens is 1. The highest BCUT2D eigenvalue weighted by Crippen LogP contribution is 2.30. The molecule has 1 aromatic heterocycles. The Hall–Kier alpha value is -2.55. The van der Waals surface area contributed by atoms with Crippen molar-refractivity contribution in [3.05, 3.63) is 65.9 Å². The quantitative estimate of drug-likeness (QED) is 0.741. The van der Waals surface area contributed by atoms with E-state index < -0.39 is 0 Å². The highest BCUT2D eigenvalue weighted by Gasteiger charge is 2.10. The average molecular weight is 277 g/mol. The molecule has 0 aliphatic heterocycles. The molecule has 106 valence electrons. The summed E-state index contributed by atoms with van der Waals surface area (Å²) in [5.74, 6) is 0. The first-order valence-electron chi connectivity index (χ1n) is 7.05. The fourth-order valence-electron chi connectivity index (χ4n) is 2.62. The maximum absolute atomic E-state index is 6.33. The topological polar surface area (TPSA) is 42.2 Å². The molecular weight excluding hydrogens is 258 g/mol. The second-order valence-corrected chi connectivity index (χ2v) is 5.35. The number of nitrogens with two attached hydrogens (primary N) is 1. The van der Waals surface area contributed by atoms with Gasteiger partial charge in [-0.1, -0.05) is 24.3 Å². The van der Waals surface area contributed by atoms with E-state index in [1.807, 2.05) is 24.3 Å². The Morgan fingerprint density at radius 1 is 1.05 bits per heavy atom. The number of hydrogen-bond acceptors (Lipinski definition) is 3. The molecule has 0 unspecified atom stereocenters. The normalized spacial score (nSPS) is 10.8. The Balaban J connectivity index is 1.97. The number of nitrogens with zero attached hydrogens (tertiary/aromatic N) is 2. The molecule has 0 saturated heterocycles. The standard InChI is InChI=1S/C18H19N3/c1-13-6-3-4-7-14(13)12-21(2)17-10-9-16-15(18(17)19)8-5-11-20-16/h3-11H,12,19H2,1-2H3. The van der Waals surface area contributed by atoms with Gasteiger partial charge in [-0.25, -0.2) is 0 Å². The molecule has 3 nitrogen and oxygen atoms in total. The summed E-state index contributed by atoms with van der Waals surface area (Å²) in [6, 6.07) is 16.4. The van der Waals surface area contributed by atoms with Gasteiger partial charge in [-0.05, 0) is 42.3 Å². The Bertz CT molecular complexity index is 780. The minimum atomic E-state index is 0.789. The van der Waals surface area contributed by atoms with Crippen LogP contribution in [0, 0.1) is 6.92 Å². The number of nitrogen functional groups attached to an aromatic ring is 1. The SMILES string of the molecule is Cc1ccccc1CN(C)c1ccc2ncccc2c1N. The number of hydrogen-bond donors (Lipinski definition) is 1. The summed E-state index contributed by atoms with van der Waals surface area (Å²) in [6.07, 6.45) is 1.79. The third-order valence-electron chi connectivity index (χ3n) is 3.88. The van der Waals surface area contributed by atoms with Gasteiger partial charge in [-0.15, -0.1) is 0 Å². The van der Waals surface area contributed by atoms with E-state index in [1.165, 1.54) is 11.1 Å². The predicted molar refractivity (Wildman–Crippen MR) is 89.4 cm³/mol. The minimum absolute atomic E-state index is 0.789. The van der Waals surface area contributed by atoms with Crippen LogP contribution in [0.1, 0.15) is 11.1 Å². The summed E-state index contributed by atoms with van der Waals surface area (Å²) in [5.41, 5.74) is 11.7. The summed E-state index contributed by atoms with van der Waals surface area (Å²) in [7, 11) is 2.07. The molecule has 0 saturated carbocycles. The van der Waals surface area contributed by atoms with E-state index in [1.54, 1.807) is 6.20 Å². The van der Waals surface area contributed by atoms with Crippen molar-refractivity contribution in [3.8, 4) is 0 Å². The smallest absolute Gasteiger partial charge is 0.0724 e. The van der Waals surface area contributed by atoms with E-state index in [2.05, 4.69) is 48.1 Å². The van der Waals surface area contributed by atoms with Crippen molar-refractivity contribution in [2.45, 2.75) is 13.5 Å². The van der Waals surface area contributed by atoms with Crippen molar-refractivity contribution < 1.29 is 0 Å². The van der Waals surface area contributed by atoms with Crippen LogP contribution in [-0.2, 0) is 6.54 Å². The second kappa shape index (κ2) is 5.44. The number of pyridine rings is 1. The molecular formula is C18H19N3. The largest absolute Gasteiger partial charge is 0.396 e. The minimum Gasteiger partial charge on any atom is -0.396 e. The van der Waals surface area contributed by atoms with Crippen molar-refractivity contribution in [2.24, 2.45) is 0 Å². The van der Waals surface area contributed by atoms with Crippen molar-refractivity contribution in [1.82, 2.24) is 4.98 Å². The molecule has 0 amide bonds. The molecule has 0 aliphatic carbocycles. The van der Waals surface area contributed by atoms with Gasteiger partial charge in [0.15, 0.2) is 0 Å². The van der Waals surface area contributed by atoms with Crippen LogP contribution in [0.25, 0.3) is 10.9 Å². The lowest BCUT2D eigenvalue weighted by Gasteiger charge is -2.23. The summed E-state index contributed by atoms with van der Waals surface area (Å²) < 4.78 is 0. The third kappa shape index (κ3) is 2.55. The van der Waals surface area contributed by atoms with Gasteiger partial charge >= 0.3 is 0 Å². The van der Waals surface area contributed by atoms with Gasteiger partial charge in [0.1, 0.15) is 0 Å². The van der Waals surface area contributed by atoms with Gasteiger partial charge in [0.2, 0.25) is 0 Å². The summed E-state index contributed by atoms with van der Waals surface area (Å²) >= 11 is 0.